The van der Waals surface area contributed by atoms with Gasteiger partial charge in [0.15, 0.2) is 0 Å². The Kier molecular flexibility index (Phi) is 10.6. The number of benzene rings is 4. The van der Waals surface area contributed by atoms with E-state index in [1.165, 1.54) is 17.0 Å². The molecule has 1 atom stereocenters. The van der Waals surface area contributed by atoms with E-state index >= 15 is 0 Å². The predicted octanol–water partition coefficient (Wildman–Crippen LogP) is 5.93. The van der Waals surface area contributed by atoms with E-state index in [0.29, 0.717) is 11.6 Å². The van der Waals surface area contributed by atoms with Gasteiger partial charge in [0.2, 0.25) is 11.8 Å². The number of aryl methyl sites for hydroxylation is 2. The normalized spacial score (nSPS) is 11.9. The molecule has 1 N–H and O–H groups in total. The van der Waals surface area contributed by atoms with Crippen molar-refractivity contribution in [1.82, 2.24) is 10.2 Å². The number of sulfonamides is 1. The number of carbonyl (C=O) groups is 2. The standard InChI is InChI=1S/C34H36ClN3O4S/c1-4-36-34(40)32(22-27-8-6-5-7-9-27)37(23-28-14-10-25(2)11-15-28)33(39)24-38(30-18-16-29(35)17-19-30)43(41,42)31-20-12-26(3)13-21-31/h5-21,32H,4,22-24H2,1-3H3,(H,36,40)/t32-/m0/s1. The molecule has 0 aliphatic rings. The molecule has 0 unspecified atom stereocenters. The number of hydrogen-bond donors (Lipinski definition) is 1. The first-order chi connectivity index (χ1) is 20.6. The maximum absolute atomic E-state index is 14.4. The molecule has 2 amide bonds. The lowest BCUT2D eigenvalue weighted by molar-refractivity contribution is -0.140. The van der Waals surface area contributed by atoms with E-state index in [4.69, 9.17) is 11.6 Å². The van der Waals surface area contributed by atoms with Crippen LogP contribution in [-0.4, -0.2) is 44.3 Å². The van der Waals surface area contributed by atoms with Gasteiger partial charge in [0.05, 0.1) is 10.6 Å². The summed E-state index contributed by atoms with van der Waals surface area (Å²) < 4.78 is 29.1. The Hall–Kier alpha value is -4.14. The second-order valence-electron chi connectivity index (χ2n) is 10.4. The van der Waals surface area contributed by atoms with Crippen LogP contribution < -0.4 is 9.62 Å². The summed E-state index contributed by atoms with van der Waals surface area (Å²) in [5, 5.41) is 3.30. The monoisotopic (exact) mass is 617 g/mol. The van der Waals surface area contributed by atoms with Crippen LogP contribution in [0.2, 0.25) is 5.02 Å². The minimum atomic E-state index is -4.16. The average molecular weight is 618 g/mol. The molecule has 0 bridgehead atoms. The van der Waals surface area contributed by atoms with E-state index in [0.717, 1.165) is 26.6 Å². The Morgan fingerprint density at radius 2 is 1.37 bits per heavy atom. The molecule has 0 aliphatic heterocycles. The van der Waals surface area contributed by atoms with Crippen LogP contribution >= 0.6 is 11.6 Å². The van der Waals surface area contributed by atoms with Gasteiger partial charge in [-0.25, -0.2) is 8.42 Å². The second-order valence-corrected chi connectivity index (χ2v) is 12.7. The molecule has 4 aromatic rings. The van der Waals surface area contributed by atoms with Crippen molar-refractivity contribution in [3.8, 4) is 0 Å². The summed E-state index contributed by atoms with van der Waals surface area (Å²) in [6.07, 6.45) is 0.260. The van der Waals surface area contributed by atoms with Crippen LogP contribution in [0.15, 0.2) is 108 Å². The highest BCUT2D eigenvalue weighted by Crippen LogP contribution is 2.26. The van der Waals surface area contributed by atoms with Crippen LogP contribution in [0.5, 0.6) is 0 Å². The number of likely N-dealkylation sites (N-methyl/N-ethyl adjacent to an activating group) is 1. The van der Waals surface area contributed by atoms with Crippen molar-refractivity contribution in [2.45, 2.75) is 44.7 Å². The van der Waals surface area contributed by atoms with Gasteiger partial charge in [0, 0.05) is 24.5 Å². The maximum Gasteiger partial charge on any atom is 0.264 e. The molecule has 224 valence electrons. The molecule has 0 radical (unpaired) electrons. The van der Waals surface area contributed by atoms with Crippen LogP contribution in [0, 0.1) is 13.8 Å². The SMILES string of the molecule is CCNC(=O)[C@H](Cc1ccccc1)N(Cc1ccc(C)cc1)C(=O)CN(c1ccc(Cl)cc1)S(=O)(=O)c1ccc(C)cc1. The lowest BCUT2D eigenvalue weighted by Crippen LogP contribution is -2.53. The average Bonchev–Trinajstić information content (AvgIpc) is 3.00. The number of carbonyl (C=O) groups excluding carboxylic acids is 2. The van der Waals surface area contributed by atoms with Crippen molar-refractivity contribution in [2.24, 2.45) is 0 Å². The van der Waals surface area contributed by atoms with Gasteiger partial charge in [-0.15, -0.1) is 0 Å². The Balaban J connectivity index is 1.78. The van der Waals surface area contributed by atoms with E-state index in [2.05, 4.69) is 5.32 Å². The lowest BCUT2D eigenvalue weighted by Gasteiger charge is -2.34. The Morgan fingerprint density at radius 1 is 0.791 bits per heavy atom. The van der Waals surface area contributed by atoms with E-state index in [1.807, 2.05) is 75.4 Å². The van der Waals surface area contributed by atoms with Gasteiger partial charge in [-0.1, -0.05) is 89.5 Å². The fourth-order valence-corrected chi connectivity index (χ4v) is 6.25. The van der Waals surface area contributed by atoms with Gasteiger partial charge in [0.25, 0.3) is 10.0 Å². The first-order valence-electron chi connectivity index (χ1n) is 14.1. The van der Waals surface area contributed by atoms with Crippen molar-refractivity contribution in [3.05, 3.63) is 130 Å². The first kappa shape index (κ1) is 31.8. The summed E-state index contributed by atoms with van der Waals surface area (Å²) in [4.78, 5) is 29.4. The molecule has 0 aromatic heterocycles. The molecule has 4 aromatic carbocycles. The van der Waals surface area contributed by atoms with Crippen LogP contribution in [0.25, 0.3) is 0 Å². The topological polar surface area (TPSA) is 86.8 Å². The number of hydrogen-bond acceptors (Lipinski definition) is 4. The summed E-state index contributed by atoms with van der Waals surface area (Å²) in [5.41, 5.74) is 3.95. The first-order valence-corrected chi connectivity index (χ1v) is 15.9. The smallest absolute Gasteiger partial charge is 0.264 e. The predicted molar refractivity (Wildman–Crippen MR) is 172 cm³/mol. The zero-order valence-corrected chi connectivity index (χ0v) is 26.1. The Bertz CT molecular complexity index is 1630. The molecule has 0 saturated heterocycles. The van der Waals surface area contributed by atoms with Gasteiger partial charge >= 0.3 is 0 Å². The van der Waals surface area contributed by atoms with Crippen LogP contribution in [0.4, 0.5) is 5.69 Å². The summed E-state index contributed by atoms with van der Waals surface area (Å²) in [5.74, 6) is -0.829. The highest BCUT2D eigenvalue weighted by molar-refractivity contribution is 7.92. The highest BCUT2D eigenvalue weighted by atomic mass is 35.5. The van der Waals surface area contributed by atoms with Gasteiger partial charge in [-0.2, -0.15) is 0 Å². The molecule has 7 nitrogen and oxygen atoms in total. The fourth-order valence-electron chi connectivity index (χ4n) is 4.71. The third-order valence-electron chi connectivity index (χ3n) is 7.10. The van der Waals surface area contributed by atoms with Crippen molar-refractivity contribution < 1.29 is 18.0 Å². The molecule has 4 rings (SSSR count). The molecule has 0 aliphatic carbocycles. The largest absolute Gasteiger partial charge is 0.355 e. The number of amides is 2. The molecule has 0 heterocycles. The zero-order chi connectivity index (χ0) is 31.0. The van der Waals surface area contributed by atoms with Crippen LogP contribution in [-0.2, 0) is 32.6 Å². The minimum absolute atomic E-state index is 0.0514. The number of rotatable bonds is 12. The van der Waals surface area contributed by atoms with Crippen molar-refractivity contribution >= 4 is 39.1 Å². The van der Waals surface area contributed by atoms with Crippen molar-refractivity contribution in [3.63, 3.8) is 0 Å². The van der Waals surface area contributed by atoms with Gasteiger partial charge in [-0.3, -0.25) is 13.9 Å². The molecule has 0 spiro atoms. The molecular formula is C34H36ClN3O4S. The van der Waals surface area contributed by atoms with Crippen LogP contribution in [0.3, 0.4) is 0 Å². The number of halogens is 1. The summed E-state index contributed by atoms with van der Waals surface area (Å²) >= 11 is 6.12. The molecule has 0 fully saturated rings. The second kappa shape index (κ2) is 14.4. The van der Waals surface area contributed by atoms with Crippen molar-refractivity contribution in [2.75, 3.05) is 17.4 Å². The summed E-state index contributed by atoms with van der Waals surface area (Å²) in [6, 6.07) is 29.0. The molecule has 0 saturated carbocycles. The Morgan fingerprint density at radius 3 is 1.95 bits per heavy atom. The number of nitrogens with one attached hydrogen (secondary N) is 1. The van der Waals surface area contributed by atoms with E-state index in [9.17, 15) is 18.0 Å². The summed E-state index contributed by atoms with van der Waals surface area (Å²) in [7, 11) is -4.16. The number of anilines is 1. The lowest BCUT2D eigenvalue weighted by atomic mass is 10.0. The quantitative estimate of drug-likeness (QED) is 0.214. The van der Waals surface area contributed by atoms with Crippen molar-refractivity contribution in [1.29, 1.82) is 0 Å². The summed E-state index contributed by atoms with van der Waals surface area (Å²) in [6.45, 7) is 5.64. The third-order valence-corrected chi connectivity index (χ3v) is 9.14. The van der Waals surface area contributed by atoms with Crippen LogP contribution in [0.1, 0.15) is 29.2 Å². The maximum atomic E-state index is 14.4. The fraction of sp³-hybridized carbons (Fsp3) is 0.235. The number of nitrogens with zero attached hydrogens (tertiary/aromatic N) is 2. The van der Waals surface area contributed by atoms with Gasteiger partial charge in [-0.05, 0) is 68.3 Å². The zero-order valence-electron chi connectivity index (χ0n) is 24.5. The van der Waals surface area contributed by atoms with E-state index in [1.54, 1.807) is 36.4 Å². The highest BCUT2D eigenvalue weighted by Gasteiger charge is 2.34. The third kappa shape index (κ3) is 8.24. The van der Waals surface area contributed by atoms with Gasteiger partial charge < -0.3 is 10.2 Å². The van der Waals surface area contributed by atoms with Gasteiger partial charge in [0.1, 0.15) is 12.6 Å². The van der Waals surface area contributed by atoms with E-state index < -0.39 is 28.5 Å². The van der Waals surface area contributed by atoms with E-state index in [-0.39, 0.29) is 29.5 Å². The molecular weight excluding hydrogens is 582 g/mol. The molecule has 9 heteroatoms. The minimum Gasteiger partial charge on any atom is -0.355 e. The Labute approximate surface area is 259 Å². The molecule has 43 heavy (non-hydrogen) atoms.